The molecule has 0 spiro atoms. The number of rotatable bonds is 3. The first-order chi connectivity index (χ1) is 19.0. The largest absolute Gasteiger partial charge is 0.378 e. The number of thiophene rings is 1. The maximum atomic E-state index is 13.3. The van der Waals surface area contributed by atoms with Gasteiger partial charge in [0.05, 0.1) is 30.2 Å². The number of hydrogen-bond acceptors (Lipinski definition) is 7. The van der Waals surface area contributed by atoms with E-state index < -0.39 is 6.04 Å². The molecular formula is C29H25ClN6O2S. The second-order valence-corrected chi connectivity index (χ2v) is 10.8. The highest BCUT2D eigenvalue weighted by Gasteiger charge is 2.33. The third-order valence-corrected chi connectivity index (χ3v) is 8.26. The molecule has 1 saturated heterocycles. The third-order valence-electron chi connectivity index (χ3n) is 6.82. The lowest BCUT2D eigenvalue weighted by atomic mass is 9.99. The second-order valence-electron chi connectivity index (χ2n) is 9.34. The molecule has 196 valence electrons. The van der Waals surface area contributed by atoms with Gasteiger partial charge in [-0.3, -0.25) is 14.4 Å². The predicted octanol–water partition coefficient (Wildman–Crippen LogP) is 4.53. The van der Waals surface area contributed by atoms with Crippen LogP contribution in [0.3, 0.4) is 0 Å². The van der Waals surface area contributed by atoms with Crippen molar-refractivity contribution >= 4 is 34.6 Å². The molecular weight excluding hydrogens is 532 g/mol. The van der Waals surface area contributed by atoms with Gasteiger partial charge in [0.25, 0.3) is 0 Å². The van der Waals surface area contributed by atoms with E-state index in [2.05, 4.69) is 33.9 Å². The van der Waals surface area contributed by atoms with Crippen molar-refractivity contribution in [2.75, 3.05) is 26.3 Å². The van der Waals surface area contributed by atoms with Gasteiger partial charge >= 0.3 is 0 Å². The van der Waals surface area contributed by atoms with E-state index in [1.54, 1.807) is 17.5 Å². The van der Waals surface area contributed by atoms with Crippen LogP contribution in [0.2, 0.25) is 5.02 Å². The first-order valence-electron chi connectivity index (χ1n) is 12.7. The lowest BCUT2D eigenvalue weighted by molar-refractivity contribution is -0.135. The number of amides is 1. The molecule has 1 aromatic carbocycles. The Morgan fingerprint density at radius 3 is 2.64 bits per heavy atom. The van der Waals surface area contributed by atoms with Crippen LogP contribution in [0.25, 0.3) is 5.00 Å². The number of nitrogens with zero attached hydrogens (tertiary/aromatic N) is 6. The zero-order valence-corrected chi connectivity index (χ0v) is 23.1. The molecule has 10 heteroatoms. The molecule has 0 unspecified atom stereocenters. The van der Waals surface area contributed by atoms with Crippen LogP contribution in [0.4, 0.5) is 0 Å². The van der Waals surface area contributed by atoms with E-state index in [4.69, 9.17) is 21.3 Å². The van der Waals surface area contributed by atoms with Crippen molar-refractivity contribution in [2.45, 2.75) is 26.3 Å². The Morgan fingerprint density at radius 1 is 1.10 bits per heavy atom. The van der Waals surface area contributed by atoms with E-state index in [1.807, 2.05) is 58.9 Å². The summed E-state index contributed by atoms with van der Waals surface area (Å²) in [6, 6.07) is 12.8. The molecule has 0 saturated carbocycles. The molecule has 0 aliphatic carbocycles. The molecule has 0 bridgehead atoms. The van der Waals surface area contributed by atoms with Crippen molar-refractivity contribution in [3.05, 3.63) is 92.6 Å². The molecule has 3 aromatic heterocycles. The fourth-order valence-corrected chi connectivity index (χ4v) is 6.15. The Balaban J connectivity index is 1.50. The summed E-state index contributed by atoms with van der Waals surface area (Å²) in [4.78, 5) is 25.6. The summed E-state index contributed by atoms with van der Waals surface area (Å²) in [6.45, 7) is 6.23. The lowest BCUT2D eigenvalue weighted by Gasteiger charge is -2.27. The summed E-state index contributed by atoms with van der Waals surface area (Å²) < 4.78 is 7.47. The fourth-order valence-electron chi connectivity index (χ4n) is 4.81. The number of pyridine rings is 1. The molecule has 0 N–H and O–H groups in total. The van der Waals surface area contributed by atoms with Crippen LogP contribution in [0.1, 0.15) is 51.4 Å². The Hall–Kier alpha value is -3.84. The molecule has 8 nitrogen and oxygen atoms in total. The van der Waals surface area contributed by atoms with Crippen LogP contribution < -0.4 is 0 Å². The molecule has 5 heterocycles. The van der Waals surface area contributed by atoms with Crippen LogP contribution in [0, 0.1) is 25.7 Å². The first kappa shape index (κ1) is 25.4. The highest BCUT2D eigenvalue weighted by molar-refractivity contribution is 7.15. The van der Waals surface area contributed by atoms with E-state index in [1.165, 1.54) is 0 Å². The Bertz CT molecular complexity index is 1630. The van der Waals surface area contributed by atoms with Gasteiger partial charge in [-0.05, 0) is 55.5 Å². The quantitative estimate of drug-likeness (QED) is 0.346. The van der Waals surface area contributed by atoms with Gasteiger partial charge in [0.15, 0.2) is 5.82 Å². The summed E-state index contributed by atoms with van der Waals surface area (Å²) in [5.74, 6) is 7.90. The van der Waals surface area contributed by atoms with Gasteiger partial charge in [0, 0.05) is 35.4 Å². The van der Waals surface area contributed by atoms with Crippen molar-refractivity contribution in [3.8, 4) is 16.8 Å². The number of carbonyl (C=O) groups excluding carboxylic acids is 1. The summed E-state index contributed by atoms with van der Waals surface area (Å²) in [5, 5.41) is 10.5. The van der Waals surface area contributed by atoms with Crippen LogP contribution in [0.5, 0.6) is 0 Å². The van der Waals surface area contributed by atoms with Gasteiger partial charge in [-0.25, -0.2) is 4.98 Å². The van der Waals surface area contributed by atoms with Crippen LogP contribution in [-0.4, -0.2) is 62.6 Å². The third kappa shape index (κ3) is 4.99. The normalized spacial score (nSPS) is 16.4. The Morgan fingerprint density at radius 2 is 1.90 bits per heavy atom. The van der Waals surface area contributed by atoms with Crippen molar-refractivity contribution in [1.82, 2.24) is 24.6 Å². The monoisotopic (exact) mass is 556 g/mol. The standard InChI is InChI=1S/C29H25ClN6O2S/c1-18-24(11-10-22-5-3-4-12-31-22)39-29-26(18)27(20-6-8-21(30)9-7-20)32-23(28-34-33-19(2)36(28)29)17-25(37)35-13-15-38-16-14-35/h3-9,12,23H,13-17H2,1-2H3/t23-/m0/s1. The highest BCUT2D eigenvalue weighted by atomic mass is 35.5. The number of halogens is 1. The van der Waals surface area contributed by atoms with Gasteiger partial charge in [-0.1, -0.05) is 29.8 Å². The summed E-state index contributed by atoms with van der Waals surface area (Å²) in [7, 11) is 0. The SMILES string of the molecule is Cc1c(C#Cc2ccccn2)sc2c1C(c1ccc(Cl)cc1)=N[C@@H](CC(=O)N1CCOCC1)c1nnc(C)n1-2. The molecule has 39 heavy (non-hydrogen) atoms. The molecule has 4 aromatic rings. The zero-order chi connectivity index (χ0) is 26.9. The number of fused-ring (bicyclic) bond motifs is 3. The van der Waals surface area contributed by atoms with Crippen LogP contribution in [-0.2, 0) is 9.53 Å². The summed E-state index contributed by atoms with van der Waals surface area (Å²) in [5.41, 5.74) is 4.36. The molecule has 1 amide bonds. The average molecular weight is 557 g/mol. The number of aromatic nitrogens is 4. The van der Waals surface area contributed by atoms with E-state index in [0.717, 1.165) is 38.1 Å². The topological polar surface area (TPSA) is 85.5 Å². The Kier molecular flexibility index (Phi) is 7.00. The smallest absolute Gasteiger partial charge is 0.225 e. The minimum Gasteiger partial charge on any atom is -0.378 e. The minimum atomic E-state index is -0.505. The number of ether oxygens (including phenoxy) is 1. The molecule has 6 rings (SSSR count). The average Bonchev–Trinajstić information content (AvgIpc) is 3.46. The molecule has 0 radical (unpaired) electrons. The maximum Gasteiger partial charge on any atom is 0.225 e. The van der Waals surface area contributed by atoms with Gasteiger partial charge < -0.3 is 9.64 Å². The van der Waals surface area contributed by atoms with Gasteiger partial charge in [0.1, 0.15) is 22.6 Å². The number of carbonyl (C=O) groups is 1. The van der Waals surface area contributed by atoms with Gasteiger partial charge in [0.2, 0.25) is 5.91 Å². The summed E-state index contributed by atoms with van der Waals surface area (Å²) >= 11 is 7.80. The fraction of sp³-hybridized carbons (Fsp3) is 0.276. The highest BCUT2D eigenvalue weighted by Crippen LogP contribution is 2.40. The zero-order valence-electron chi connectivity index (χ0n) is 21.5. The number of benzene rings is 1. The van der Waals surface area contributed by atoms with E-state index in [9.17, 15) is 4.79 Å². The number of hydrogen-bond donors (Lipinski definition) is 0. The van der Waals surface area contributed by atoms with Crippen molar-refractivity contribution in [1.29, 1.82) is 0 Å². The second kappa shape index (κ2) is 10.7. The van der Waals surface area contributed by atoms with Crippen LogP contribution >= 0.6 is 22.9 Å². The number of morpholine rings is 1. The molecule has 2 aliphatic heterocycles. The first-order valence-corrected chi connectivity index (χ1v) is 13.9. The molecule has 2 aliphatic rings. The number of aliphatic imine (C=N–C) groups is 1. The van der Waals surface area contributed by atoms with E-state index in [0.29, 0.717) is 42.8 Å². The summed E-state index contributed by atoms with van der Waals surface area (Å²) in [6.07, 6.45) is 1.92. The lowest BCUT2D eigenvalue weighted by Crippen LogP contribution is -2.41. The van der Waals surface area contributed by atoms with Gasteiger partial charge in [-0.2, -0.15) is 0 Å². The maximum absolute atomic E-state index is 13.3. The van der Waals surface area contributed by atoms with Crippen molar-refractivity contribution in [2.24, 2.45) is 4.99 Å². The van der Waals surface area contributed by atoms with Crippen molar-refractivity contribution in [3.63, 3.8) is 0 Å². The minimum absolute atomic E-state index is 0.0265. The molecule has 1 fully saturated rings. The van der Waals surface area contributed by atoms with Crippen LogP contribution in [0.15, 0.2) is 53.7 Å². The van der Waals surface area contributed by atoms with Crippen molar-refractivity contribution < 1.29 is 9.53 Å². The van der Waals surface area contributed by atoms with Gasteiger partial charge in [-0.15, -0.1) is 21.5 Å². The number of aryl methyl sites for hydroxylation is 1. The van der Waals surface area contributed by atoms with E-state index >= 15 is 0 Å². The predicted molar refractivity (Wildman–Crippen MR) is 151 cm³/mol. The molecule has 1 atom stereocenters. The Labute approximate surface area is 235 Å². The van der Waals surface area contributed by atoms with E-state index in [-0.39, 0.29) is 12.3 Å².